The van der Waals surface area contributed by atoms with Gasteiger partial charge in [0.15, 0.2) is 5.65 Å². The van der Waals surface area contributed by atoms with E-state index in [2.05, 4.69) is 20.2 Å². The molecule has 1 aliphatic heterocycles. The summed E-state index contributed by atoms with van der Waals surface area (Å²) < 4.78 is 5.33. The third-order valence-corrected chi connectivity index (χ3v) is 4.67. The number of rotatable bonds is 3. The summed E-state index contributed by atoms with van der Waals surface area (Å²) in [5.41, 5.74) is 2.96. The lowest BCUT2D eigenvalue weighted by atomic mass is 9.93. The van der Waals surface area contributed by atoms with Gasteiger partial charge in [-0.3, -0.25) is 9.89 Å². The van der Waals surface area contributed by atoms with Crippen LogP contribution in [-0.4, -0.2) is 51.2 Å². The van der Waals surface area contributed by atoms with Crippen molar-refractivity contribution in [2.45, 2.75) is 18.8 Å². The van der Waals surface area contributed by atoms with Crippen LogP contribution in [-0.2, 0) is 0 Å². The number of fused-ring (bicyclic) bond motifs is 1. The maximum absolute atomic E-state index is 13.0. The van der Waals surface area contributed by atoms with E-state index < -0.39 is 0 Å². The van der Waals surface area contributed by atoms with Gasteiger partial charge in [0, 0.05) is 31.4 Å². The van der Waals surface area contributed by atoms with Crippen molar-refractivity contribution < 1.29 is 9.53 Å². The largest absolute Gasteiger partial charge is 0.496 e. The Morgan fingerprint density at radius 3 is 3.00 bits per heavy atom. The van der Waals surface area contributed by atoms with Gasteiger partial charge in [-0.05, 0) is 25.0 Å². The quantitative estimate of drug-likeness (QED) is 0.793. The van der Waals surface area contributed by atoms with Gasteiger partial charge in [-0.15, -0.1) is 0 Å². The van der Waals surface area contributed by atoms with Crippen LogP contribution in [0.5, 0.6) is 5.75 Å². The minimum Gasteiger partial charge on any atom is -0.496 e. The summed E-state index contributed by atoms with van der Waals surface area (Å²) in [4.78, 5) is 23.4. The number of nitrogens with one attached hydrogen (secondary N) is 1. The first-order valence-electron chi connectivity index (χ1n) is 8.35. The van der Waals surface area contributed by atoms with Crippen LogP contribution in [0.25, 0.3) is 11.2 Å². The first kappa shape index (κ1) is 15.6. The Bertz CT molecular complexity index is 907. The monoisotopic (exact) mass is 337 g/mol. The number of ether oxygens (including phenoxy) is 1. The predicted octanol–water partition coefficient (Wildman–Crippen LogP) is 2.38. The third kappa shape index (κ3) is 2.82. The average Bonchev–Trinajstić information content (AvgIpc) is 3.11. The Kier molecular flexibility index (Phi) is 4.05. The number of hydrogen-bond donors (Lipinski definition) is 1. The molecule has 0 saturated carbocycles. The smallest absolute Gasteiger partial charge is 0.257 e. The van der Waals surface area contributed by atoms with Gasteiger partial charge in [0.2, 0.25) is 0 Å². The molecule has 1 N–H and O–H groups in total. The van der Waals surface area contributed by atoms with Crippen molar-refractivity contribution in [1.82, 2.24) is 25.1 Å². The number of H-pyrrole nitrogens is 1. The second-order valence-electron chi connectivity index (χ2n) is 6.16. The molecule has 0 unspecified atom stereocenters. The summed E-state index contributed by atoms with van der Waals surface area (Å²) in [7, 11) is 1.58. The van der Waals surface area contributed by atoms with Gasteiger partial charge < -0.3 is 9.64 Å². The molecule has 2 aromatic heterocycles. The first-order valence-corrected chi connectivity index (χ1v) is 8.35. The normalized spacial score (nSPS) is 17.6. The average molecular weight is 337 g/mol. The Morgan fingerprint density at radius 2 is 2.12 bits per heavy atom. The minimum atomic E-state index is -0.00273. The number of hydrogen-bond acceptors (Lipinski definition) is 5. The number of nitrogens with zero attached hydrogens (tertiary/aromatic N) is 4. The van der Waals surface area contributed by atoms with Gasteiger partial charge >= 0.3 is 0 Å². The number of piperidine rings is 1. The molecule has 7 heteroatoms. The number of methoxy groups -OCH3 is 1. The molecule has 1 saturated heterocycles. The molecule has 0 spiro atoms. The van der Waals surface area contributed by atoms with Gasteiger partial charge in [0.05, 0.1) is 18.4 Å². The van der Waals surface area contributed by atoms with Crippen molar-refractivity contribution in [1.29, 1.82) is 0 Å². The molecule has 0 bridgehead atoms. The number of likely N-dealkylation sites (tertiary alicyclic amines) is 1. The lowest BCUT2D eigenvalue weighted by molar-refractivity contribution is 0.0703. The molecule has 3 aromatic rings. The molecule has 7 nitrogen and oxygen atoms in total. The standard InChI is InChI=1S/C18H19N5O2/c1-25-14-7-3-2-6-13(14)18(24)23-10-4-5-12(11-23)15-16-17(22-21-15)20-9-8-19-16/h2-3,6-9,12H,4-5,10-11H2,1H3,(H,20,21,22)/t12-/m0/s1. The van der Waals surface area contributed by atoms with E-state index in [1.54, 1.807) is 19.5 Å². The fraction of sp³-hybridized carbons (Fsp3) is 0.333. The van der Waals surface area contributed by atoms with E-state index in [9.17, 15) is 4.79 Å². The van der Waals surface area contributed by atoms with E-state index in [1.807, 2.05) is 29.2 Å². The summed E-state index contributed by atoms with van der Waals surface area (Å²) in [6.45, 7) is 1.37. The van der Waals surface area contributed by atoms with Crippen molar-refractivity contribution >= 4 is 17.1 Å². The second-order valence-corrected chi connectivity index (χ2v) is 6.16. The van der Waals surface area contributed by atoms with Crippen LogP contribution >= 0.6 is 0 Å². The number of aromatic nitrogens is 4. The van der Waals surface area contributed by atoms with Gasteiger partial charge in [-0.2, -0.15) is 5.10 Å². The number of amides is 1. The second kappa shape index (κ2) is 6.51. The zero-order valence-corrected chi connectivity index (χ0v) is 14.0. The fourth-order valence-corrected chi connectivity index (χ4v) is 3.44. The zero-order chi connectivity index (χ0) is 17.2. The molecule has 1 aliphatic rings. The van der Waals surface area contributed by atoms with E-state index in [4.69, 9.17) is 4.74 Å². The molecule has 128 valence electrons. The van der Waals surface area contributed by atoms with Gasteiger partial charge in [-0.25, -0.2) is 9.97 Å². The molecule has 0 radical (unpaired) electrons. The molecule has 1 amide bonds. The minimum absolute atomic E-state index is 0.00273. The number of carbonyl (C=O) groups is 1. The maximum Gasteiger partial charge on any atom is 0.257 e. The molecular formula is C18H19N5O2. The number of para-hydroxylation sites is 1. The van der Waals surface area contributed by atoms with Crippen molar-refractivity contribution in [3.8, 4) is 5.75 Å². The topological polar surface area (TPSA) is 84.0 Å². The highest BCUT2D eigenvalue weighted by molar-refractivity contribution is 5.97. The van der Waals surface area contributed by atoms with E-state index in [0.717, 1.165) is 30.6 Å². The van der Waals surface area contributed by atoms with Crippen LogP contribution in [0, 0.1) is 0 Å². The summed E-state index contributed by atoms with van der Waals surface area (Å²) in [5, 5.41) is 7.29. The number of carbonyl (C=O) groups excluding carboxylic acids is 1. The molecule has 4 rings (SSSR count). The SMILES string of the molecule is COc1ccccc1C(=O)N1CCC[C@H](c2[nH]nc3nccnc23)C1. The molecule has 25 heavy (non-hydrogen) atoms. The van der Waals surface area contributed by atoms with E-state index >= 15 is 0 Å². The Labute approximate surface area is 145 Å². The Morgan fingerprint density at radius 1 is 1.28 bits per heavy atom. The summed E-state index contributed by atoms with van der Waals surface area (Å²) in [6, 6.07) is 7.34. The highest BCUT2D eigenvalue weighted by Gasteiger charge is 2.29. The molecular weight excluding hydrogens is 318 g/mol. The van der Waals surface area contributed by atoms with Crippen LogP contribution < -0.4 is 4.74 Å². The van der Waals surface area contributed by atoms with Crippen LogP contribution in [0.15, 0.2) is 36.7 Å². The van der Waals surface area contributed by atoms with Crippen molar-refractivity contribution in [2.24, 2.45) is 0 Å². The van der Waals surface area contributed by atoms with Crippen molar-refractivity contribution in [3.63, 3.8) is 0 Å². The van der Waals surface area contributed by atoms with E-state index in [1.165, 1.54) is 0 Å². The highest BCUT2D eigenvalue weighted by atomic mass is 16.5. The van der Waals surface area contributed by atoms with E-state index in [0.29, 0.717) is 23.5 Å². The first-order chi connectivity index (χ1) is 12.3. The predicted molar refractivity (Wildman–Crippen MR) is 92.6 cm³/mol. The molecule has 0 aliphatic carbocycles. The Hall–Kier alpha value is -2.96. The summed E-state index contributed by atoms with van der Waals surface area (Å²) >= 11 is 0. The summed E-state index contributed by atoms with van der Waals surface area (Å²) in [6.07, 6.45) is 5.23. The number of aromatic amines is 1. The van der Waals surface area contributed by atoms with Crippen molar-refractivity contribution in [2.75, 3.05) is 20.2 Å². The lowest BCUT2D eigenvalue weighted by Gasteiger charge is -2.32. The van der Waals surface area contributed by atoms with E-state index in [-0.39, 0.29) is 11.8 Å². The maximum atomic E-state index is 13.0. The Balaban J connectivity index is 1.60. The van der Waals surface area contributed by atoms with Gasteiger partial charge in [0.1, 0.15) is 11.3 Å². The molecule has 1 fully saturated rings. The molecule has 3 heterocycles. The van der Waals surface area contributed by atoms with Gasteiger partial charge in [-0.1, -0.05) is 12.1 Å². The van der Waals surface area contributed by atoms with Crippen LogP contribution in [0.1, 0.15) is 34.8 Å². The molecule has 1 atom stereocenters. The molecule has 1 aromatic carbocycles. The number of benzene rings is 1. The van der Waals surface area contributed by atoms with Crippen LogP contribution in [0.4, 0.5) is 0 Å². The van der Waals surface area contributed by atoms with Crippen molar-refractivity contribution in [3.05, 3.63) is 47.9 Å². The van der Waals surface area contributed by atoms with Crippen LogP contribution in [0.2, 0.25) is 0 Å². The third-order valence-electron chi connectivity index (χ3n) is 4.67. The fourth-order valence-electron chi connectivity index (χ4n) is 3.44. The summed E-state index contributed by atoms with van der Waals surface area (Å²) in [5.74, 6) is 0.777. The highest BCUT2D eigenvalue weighted by Crippen LogP contribution is 2.30. The zero-order valence-electron chi connectivity index (χ0n) is 14.0. The van der Waals surface area contributed by atoms with Gasteiger partial charge in [0.25, 0.3) is 5.91 Å². The van der Waals surface area contributed by atoms with Crippen LogP contribution in [0.3, 0.4) is 0 Å². The lowest BCUT2D eigenvalue weighted by Crippen LogP contribution is -2.39.